The number of nitrogen functional groups attached to an aromatic ring is 1. The van der Waals surface area contributed by atoms with Gasteiger partial charge in [-0.2, -0.15) is 4.98 Å². The molecular formula is C10H11N3O2. The Bertz CT molecular complexity index is 479. The van der Waals surface area contributed by atoms with E-state index < -0.39 is 0 Å². The molecule has 0 aliphatic heterocycles. The van der Waals surface area contributed by atoms with E-state index in [4.69, 9.17) is 15.0 Å². The first-order valence-corrected chi connectivity index (χ1v) is 4.45. The van der Waals surface area contributed by atoms with Crippen molar-refractivity contribution in [2.75, 3.05) is 12.8 Å². The van der Waals surface area contributed by atoms with Crippen molar-refractivity contribution >= 4 is 5.69 Å². The number of nitrogens with two attached hydrogens (primary N) is 1. The van der Waals surface area contributed by atoms with Gasteiger partial charge in [0, 0.05) is 11.8 Å². The summed E-state index contributed by atoms with van der Waals surface area (Å²) in [4.78, 5) is 4.10. The van der Waals surface area contributed by atoms with Crippen LogP contribution in [0.2, 0.25) is 0 Å². The van der Waals surface area contributed by atoms with Gasteiger partial charge in [0.25, 0.3) is 5.89 Å². The van der Waals surface area contributed by atoms with Crippen molar-refractivity contribution < 1.29 is 9.26 Å². The molecule has 5 nitrogen and oxygen atoms in total. The SMILES string of the molecule is COc1ccc(-c2nc(C)no2)c(N)c1. The lowest BCUT2D eigenvalue weighted by Crippen LogP contribution is -1.92. The normalized spacial score (nSPS) is 10.3. The number of hydrogen-bond donors (Lipinski definition) is 1. The highest BCUT2D eigenvalue weighted by molar-refractivity contribution is 5.71. The number of aromatic nitrogens is 2. The standard InChI is InChI=1S/C10H11N3O2/c1-6-12-10(15-13-6)8-4-3-7(14-2)5-9(8)11/h3-5H,11H2,1-2H3. The Hall–Kier alpha value is -2.04. The summed E-state index contributed by atoms with van der Waals surface area (Å²) in [5, 5.41) is 3.70. The molecular weight excluding hydrogens is 194 g/mol. The largest absolute Gasteiger partial charge is 0.497 e. The van der Waals surface area contributed by atoms with Crippen LogP contribution < -0.4 is 10.5 Å². The van der Waals surface area contributed by atoms with Crippen LogP contribution >= 0.6 is 0 Å². The molecule has 0 fully saturated rings. The number of anilines is 1. The second-order valence-corrected chi connectivity index (χ2v) is 3.10. The molecule has 0 saturated carbocycles. The van der Waals surface area contributed by atoms with Crippen LogP contribution in [0.1, 0.15) is 5.82 Å². The maximum atomic E-state index is 5.83. The zero-order chi connectivity index (χ0) is 10.8. The second-order valence-electron chi connectivity index (χ2n) is 3.10. The minimum atomic E-state index is 0.424. The highest BCUT2D eigenvalue weighted by atomic mass is 16.5. The molecule has 0 spiro atoms. The molecule has 0 radical (unpaired) electrons. The first kappa shape index (κ1) is 9.51. The summed E-state index contributed by atoms with van der Waals surface area (Å²) in [6.07, 6.45) is 0. The number of benzene rings is 1. The molecule has 0 aliphatic carbocycles. The van der Waals surface area contributed by atoms with Gasteiger partial charge in [-0.15, -0.1) is 0 Å². The third-order valence-corrected chi connectivity index (χ3v) is 2.02. The minimum absolute atomic E-state index is 0.424. The van der Waals surface area contributed by atoms with Gasteiger partial charge in [-0.3, -0.25) is 0 Å². The predicted molar refractivity (Wildman–Crippen MR) is 55.4 cm³/mol. The molecule has 0 atom stereocenters. The van der Waals surface area contributed by atoms with E-state index in [0.29, 0.717) is 23.2 Å². The summed E-state index contributed by atoms with van der Waals surface area (Å²) in [6.45, 7) is 1.76. The van der Waals surface area contributed by atoms with E-state index in [0.717, 1.165) is 5.56 Å². The van der Waals surface area contributed by atoms with E-state index in [1.807, 2.05) is 0 Å². The number of ether oxygens (including phenoxy) is 1. The van der Waals surface area contributed by atoms with E-state index in [1.54, 1.807) is 32.2 Å². The Morgan fingerprint density at radius 3 is 2.73 bits per heavy atom. The van der Waals surface area contributed by atoms with E-state index in [1.165, 1.54) is 0 Å². The number of aryl methyl sites for hydroxylation is 1. The molecule has 0 amide bonds. The van der Waals surface area contributed by atoms with Crippen LogP contribution in [0, 0.1) is 6.92 Å². The maximum Gasteiger partial charge on any atom is 0.260 e. The molecule has 1 aromatic heterocycles. The molecule has 0 aliphatic rings. The summed E-state index contributed by atoms with van der Waals surface area (Å²) in [5.74, 6) is 1.71. The molecule has 2 rings (SSSR count). The molecule has 1 aromatic carbocycles. The summed E-state index contributed by atoms with van der Waals surface area (Å²) in [5.41, 5.74) is 7.10. The summed E-state index contributed by atoms with van der Waals surface area (Å²) in [7, 11) is 1.59. The zero-order valence-corrected chi connectivity index (χ0v) is 8.52. The first-order chi connectivity index (χ1) is 7.20. The van der Waals surface area contributed by atoms with Crippen molar-refractivity contribution in [3.8, 4) is 17.2 Å². The molecule has 78 valence electrons. The molecule has 5 heteroatoms. The van der Waals surface area contributed by atoms with E-state index >= 15 is 0 Å². The number of methoxy groups -OCH3 is 1. The molecule has 0 bridgehead atoms. The van der Waals surface area contributed by atoms with E-state index in [9.17, 15) is 0 Å². The maximum absolute atomic E-state index is 5.83. The summed E-state index contributed by atoms with van der Waals surface area (Å²) < 4.78 is 10.1. The fourth-order valence-electron chi connectivity index (χ4n) is 1.27. The molecule has 1 heterocycles. The van der Waals surface area contributed by atoms with E-state index in [-0.39, 0.29) is 0 Å². The van der Waals surface area contributed by atoms with Gasteiger partial charge in [-0.25, -0.2) is 0 Å². The van der Waals surface area contributed by atoms with Crippen molar-refractivity contribution in [3.05, 3.63) is 24.0 Å². The number of nitrogens with zero attached hydrogens (tertiary/aromatic N) is 2. The summed E-state index contributed by atoms with van der Waals surface area (Å²) in [6, 6.07) is 5.31. The molecule has 2 aromatic rings. The minimum Gasteiger partial charge on any atom is -0.497 e. The Labute approximate surface area is 86.9 Å². The van der Waals surface area contributed by atoms with Crippen molar-refractivity contribution in [2.45, 2.75) is 6.92 Å². The fraction of sp³-hybridized carbons (Fsp3) is 0.200. The quantitative estimate of drug-likeness (QED) is 0.754. The van der Waals surface area contributed by atoms with Crippen LogP contribution in [0.4, 0.5) is 5.69 Å². The van der Waals surface area contributed by atoms with Gasteiger partial charge >= 0.3 is 0 Å². The predicted octanol–water partition coefficient (Wildman–Crippen LogP) is 1.64. The van der Waals surface area contributed by atoms with Gasteiger partial charge in [-0.1, -0.05) is 5.16 Å². The molecule has 0 saturated heterocycles. The van der Waals surface area contributed by atoms with Crippen molar-refractivity contribution in [1.29, 1.82) is 0 Å². The smallest absolute Gasteiger partial charge is 0.260 e. The van der Waals surface area contributed by atoms with Crippen LogP contribution in [0.3, 0.4) is 0 Å². The number of rotatable bonds is 2. The van der Waals surface area contributed by atoms with Crippen molar-refractivity contribution in [3.63, 3.8) is 0 Å². The van der Waals surface area contributed by atoms with Crippen LogP contribution in [0.5, 0.6) is 5.75 Å². The van der Waals surface area contributed by atoms with Crippen molar-refractivity contribution in [1.82, 2.24) is 10.1 Å². The van der Waals surface area contributed by atoms with Gasteiger partial charge in [-0.05, 0) is 19.1 Å². The van der Waals surface area contributed by atoms with Gasteiger partial charge in [0.05, 0.1) is 12.7 Å². The zero-order valence-electron chi connectivity index (χ0n) is 8.52. The average molecular weight is 205 g/mol. The Balaban J connectivity index is 2.45. The molecule has 15 heavy (non-hydrogen) atoms. The van der Waals surface area contributed by atoms with Crippen molar-refractivity contribution in [2.24, 2.45) is 0 Å². The van der Waals surface area contributed by atoms with Crippen LogP contribution in [-0.2, 0) is 0 Å². The fourth-order valence-corrected chi connectivity index (χ4v) is 1.27. The van der Waals surface area contributed by atoms with E-state index in [2.05, 4.69) is 10.1 Å². The van der Waals surface area contributed by atoms with Gasteiger partial charge in [0.15, 0.2) is 5.82 Å². The molecule has 0 unspecified atom stereocenters. The third-order valence-electron chi connectivity index (χ3n) is 2.02. The lowest BCUT2D eigenvalue weighted by Gasteiger charge is -2.03. The highest BCUT2D eigenvalue weighted by Crippen LogP contribution is 2.27. The number of hydrogen-bond acceptors (Lipinski definition) is 5. The van der Waals surface area contributed by atoms with Crippen LogP contribution in [0.25, 0.3) is 11.5 Å². The first-order valence-electron chi connectivity index (χ1n) is 4.45. The second kappa shape index (κ2) is 3.61. The monoisotopic (exact) mass is 205 g/mol. The Morgan fingerprint density at radius 2 is 2.20 bits per heavy atom. The lowest BCUT2D eigenvalue weighted by molar-refractivity contribution is 0.414. The lowest BCUT2D eigenvalue weighted by atomic mass is 10.1. The van der Waals surface area contributed by atoms with Gasteiger partial charge < -0.3 is 15.0 Å². The summed E-state index contributed by atoms with van der Waals surface area (Å²) >= 11 is 0. The van der Waals surface area contributed by atoms with Crippen LogP contribution in [0.15, 0.2) is 22.7 Å². The Morgan fingerprint density at radius 1 is 1.40 bits per heavy atom. The third kappa shape index (κ3) is 1.76. The van der Waals surface area contributed by atoms with Gasteiger partial charge in [0.1, 0.15) is 5.75 Å². The Kier molecular flexibility index (Phi) is 2.29. The van der Waals surface area contributed by atoms with Crippen LogP contribution in [-0.4, -0.2) is 17.3 Å². The highest BCUT2D eigenvalue weighted by Gasteiger charge is 2.10. The topological polar surface area (TPSA) is 74.2 Å². The van der Waals surface area contributed by atoms with Gasteiger partial charge in [0.2, 0.25) is 0 Å². The molecule has 2 N–H and O–H groups in total. The average Bonchev–Trinajstić information content (AvgIpc) is 2.64.